The van der Waals surface area contributed by atoms with E-state index in [1.165, 1.54) is 19.3 Å². The summed E-state index contributed by atoms with van der Waals surface area (Å²) in [5.74, 6) is 0.866. The SMILES string of the molecule is CNC1(CC(=O)NCCC(C)C)CCCCC1. The normalized spacial score (nSPS) is 19.3. The Kier molecular flexibility index (Phi) is 5.96. The van der Waals surface area contributed by atoms with E-state index in [-0.39, 0.29) is 11.4 Å². The molecule has 0 unspecified atom stereocenters. The van der Waals surface area contributed by atoms with Gasteiger partial charge in [0, 0.05) is 18.5 Å². The van der Waals surface area contributed by atoms with Crippen LogP contribution < -0.4 is 10.6 Å². The molecular formula is C14H28N2O. The van der Waals surface area contributed by atoms with E-state index in [1.807, 2.05) is 7.05 Å². The van der Waals surface area contributed by atoms with Crippen LogP contribution in [0.3, 0.4) is 0 Å². The van der Waals surface area contributed by atoms with E-state index in [9.17, 15) is 4.79 Å². The molecule has 3 nitrogen and oxygen atoms in total. The maximum absolute atomic E-state index is 11.9. The summed E-state index contributed by atoms with van der Waals surface area (Å²) >= 11 is 0. The van der Waals surface area contributed by atoms with Crippen LogP contribution in [0.1, 0.15) is 58.8 Å². The third-order valence-electron chi connectivity index (χ3n) is 3.88. The van der Waals surface area contributed by atoms with Gasteiger partial charge in [0.05, 0.1) is 0 Å². The first kappa shape index (κ1) is 14.5. The van der Waals surface area contributed by atoms with Crippen molar-refractivity contribution in [3.05, 3.63) is 0 Å². The van der Waals surface area contributed by atoms with Gasteiger partial charge in [0.15, 0.2) is 0 Å². The van der Waals surface area contributed by atoms with Crippen LogP contribution in [0.25, 0.3) is 0 Å². The summed E-state index contributed by atoms with van der Waals surface area (Å²) in [5, 5.41) is 6.43. The van der Waals surface area contributed by atoms with Gasteiger partial charge in [0.2, 0.25) is 5.91 Å². The molecule has 0 radical (unpaired) electrons. The Morgan fingerprint density at radius 3 is 2.41 bits per heavy atom. The maximum Gasteiger partial charge on any atom is 0.221 e. The van der Waals surface area contributed by atoms with E-state index in [0.717, 1.165) is 25.8 Å². The average Bonchev–Trinajstić information content (AvgIpc) is 2.29. The number of carbonyl (C=O) groups excluding carboxylic acids is 1. The standard InChI is InChI=1S/C14H28N2O/c1-12(2)7-10-16-13(17)11-14(15-3)8-5-4-6-9-14/h12,15H,4-11H2,1-3H3,(H,16,17). The van der Waals surface area contributed by atoms with Gasteiger partial charge in [-0.15, -0.1) is 0 Å². The lowest BCUT2D eigenvalue weighted by atomic mass is 9.79. The second kappa shape index (κ2) is 7.00. The summed E-state index contributed by atoms with van der Waals surface area (Å²) < 4.78 is 0. The monoisotopic (exact) mass is 240 g/mol. The zero-order chi connectivity index (χ0) is 12.7. The molecule has 1 rings (SSSR count). The first-order valence-electron chi connectivity index (χ1n) is 7.03. The molecule has 0 bridgehead atoms. The van der Waals surface area contributed by atoms with Gasteiger partial charge >= 0.3 is 0 Å². The number of hydrogen-bond acceptors (Lipinski definition) is 2. The second-order valence-corrected chi connectivity index (χ2v) is 5.80. The van der Waals surface area contributed by atoms with E-state index in [1.54, 1.807) is 0 Å². The fraction of sp³-hybridized carbons (Fsp3) is 0.929. The Morgan fingerprint density at radius 1 is 1.24 bits per heavy atom. The molecule has 0 heterocycles. The van der Waals surface area contributed by atoms with Gasteiger partial charge in [-0.05, 0) is 32.2 Å². The number of rotatable bonds is 6. The van der Waals surface area contributed by atoms with Crippen molar-refractivity contribution >= 4 is 5.91 Å². The summed E-state index contributed by atoms with van der Waals surface area (Å²) in [6, 6.07) is 0. The zero-order valence-electron chi connectivity index (χ0n) is 11.6. The molecule has 1 aliphatic rings. The lowest BCUT2D eigenvalue weighted by Gasteiger charge is -2.36. The van der Waals surface area contributed by atoms with E-state index in [0.29, 0.717) is 12.3 Å². The quantitative estimate of drug-likeness (QED) is 0.749. The lowest BCUT2D eigenvalue weighted by molar-refractivity contribution is -0.122. The third-order valence-corrected chi connectivity index (χ3v) is 3.88. The molecule has 17 heavy (non-hydrogen) atoms. The Hall–Kier alpha value is -0.570. The zero-order valence-corrected chi connectivity index (χ0v) is 11.6. The van der Waals surface area contributed by atoms with E-state index in [4.69, 9.17) is 0 Å². The van der Waals surface area contributed by atoms with Crippen LogP contribution in [0.15, 0.2) is 0 Å². The fourth-order valence-corrected chi connectivity index (χ4v) is 2.61. The molecule has 1 fully saturated rings. The van der Waals surface area contributed by atoms with Crippen molar-refractivity contribution in [3.8, 4) is 0 Å². The molecule has 3 heteroatoms. The highest BCUT2D eigenvalue weighted by molar-refractivity contribution is 5.77. The summed E-state index contributed by atoms with van der Waals surface area (Å²) in [5.41, 5.74) is 0.0696. The van der Waals surface area contributed by atoms with Crippen molar-refractivity contribution in [3.63, 3.8) is 0 Å². The molecule has 0 spiro atoms. The Balaban J connectivity index is 2.32. The van der Waals surface area contributed by atoms with Crippen molar-refractivity contribution in [2.45, 2.75) is 64.3 Å². The topological polar surface area (TPSA) is 41.1 Å². The van der Waals surface area contributed by atoms with Gasteiger partial charge in [0.25, 0.3) is 0 Å². The van der Waals surface area contributed by atoms with E-state index < -0.39 is 0 Å². The average molecular weight is 240 g/mol. The molecule has 1 saturated carbocycles. The van der Waals surface area contributed by atoms with Crippen molar-refractivity contribution < 1.29 is 4.79 Å². The van der Waals surface area contributed by atoms with Gasteiger partial charge in [-0.1, -0.05) is 33.1 Å². The molecule has 0 atom stereocenters. The van der Waals surface area contributed by atoms with E-state index >= 15 is 0 Å². The summed E-state index contributed by atoms with van der Waals surface area (Å²) in [4.78, 5) is 11.9. The molecule has 0 aromatic carbocycles. The third kappa shape index (κ3) is 5.07. The largest absolute Gasteiger partial charge is 0.356 e. The smallest absolute Gasteiger partial charge is 0.221 e. The molecular weight excluding hydrogens is 212 g/mol. The Labute approximate surface area is 106 Å². The first-order valence-corrected chi connectivity index (χ1v) is 7.03. The highest BCUT2D eigenvalue weighted by atomic mass is 16.1. The molecule has 2 N–H and O–H groups in total. The molecule has 0 aliphatic heterocycles. The van der Waals surface area contributed by atoms with Crippen LogP contribution in [-0.2, 0) is 4.79 Å². The molecule has 1 aliphatic carbocycles. The van der Waals surface area contributed by atoms with Crippen LogP contribution in [0.2, 0.25) is 0 Å². The molecule has 1 amide bonds. The number of amides is 1. The molecule has 0 aromatic heterocycles. The van der Waals surface area contributed by atoms with Gasteiger partial charge < -0.3 is 10.6 Å². The number of carbonyl (C=O) groups is 1. The molecule has 0 aromatic rings. The second-order valence-electron chi connectivity index (χ2n) is 5.80. The van der Waals surface area contributed by atoms with Crippen LogP contribution >= 0.6 is 0 Å². The number of hydrogen-bond donors (Lipinski definition) is 2. The van der Waals surface area contributed by atoms with E-state index in [2.05, 4.69) is 24.5 Å². The van der Waals surface area contributed by atoms with Crippen molar-refractivity contribution in [2.24, 2.45) is 5.92 Å². The minimum Gasteiger partial charge on any atom is -0.356 e. The van der Waals surface area contributed by atoms with Crippen LogP contribution in [-0.4, -0.2) is 25.0 Å². The van der Waals surface area contributed by atoms with Gasteiger partial charge in [-0.2, -0.15) is 0 Å². The maximum atomic E-state index is 11.9. The fourth-order valence-electron chi connectivity index (χ4n) is 2.61. The summed E-state index contributed by atoms with van der Waals surface area (Å²) in [6.45, 7) is 5.18. The minimum atomic E-state index is 0.0696. The van der Waals surface area contributed by atoms with Crippen molar-refractivity contribution in [2.75, 3.05) is 13.6 Å². The summed E-state index contributed by atoms with van der Waals surface area (Å²) in [6.07, 6.45) is 7.81. The number of nitrogens with one attached hydrogen (secondary N) is 2. The van der Waals surface area contributed by atoms with Crippen LogP contribution in [0, 0.1) is 5.92 Å². The van der Waals surface area contributed by atoms with Crippen LogP contribution in [0.5, 0.6) is 0 Å². The minimum absolute atomic E-state index is 0.0696. The lowest BCUT2D eigenvalue weighted by Crippen LogP contribution is -2.48. The highest BCUT2D eigenvalue weighted by Gasteiger charge is 2.32. The van der Waals surface area contributed by atoms with Crippen molar-refractivity contribution in [1.82, 2.24) is 10.6 Å². The van der Waals surface area contributed by atoms with Crippen LogP contribution in [0.4, 0.5) is 0 Å². The predicted molar refractivity (Wildman–Crippen MR) is 72.0 cm³/mol. The Bertz CT molecular complexity index is 232. The highest BCUT2D eigenvalue weighted by Crippen LogP contribution is 2.30. The van der Waals surface area contributed by atoms with Gasteiger partial charge in [-0.25, -0.2) is 0 Å². The molecule has 100 valence electrons. The van der Waals surface area contributed by atoms with Gasteiger partial charge in [0.1, 0.15) is 0 Å². The molecule has 0 saturated heterocycles. The summed E-state index contributed by atoms with van der Waals surface area (Å²) in [7, 11) is 1.99. The van der Waals surface area contributed by atoms with Gasteiger partial charge in [-0.3, -0.25) is 4.79 Å². The Morgan fingerprint density at radius 2 is 1.88 bits per heavy atom. The first-order chi connectivity index (χ1) is 8.08. The predicted octanol–water partition coefficient (Wildman–Crippen LogP) is 2.46. The van der Waals surface area contributed by atoms with Crippen molar-refractivity contribution in [1.29, 1.82) is 0 Å².